The zero-order chi connectivity index (χ0) is 20.7. The predicted octanol–water partition coefficient (Wildman–Crippen LogP) is 5.19. The lowest BCUT2D eigenvalue weighted by Gasteiger charge is -2.23. The summed E-state index contributed by atoms with van der Waals surface area (Å²) in [6.07, 6.45) is 0. The third-order valence-electron chi connectivity index (χ3n) is 3.67. The van der Waals surface area contributed by atoms with Crippen LogP contribution in [0.3, 0.4) is 0 Å². The van der Waals surface area contributed by atoms with E-state index in [1.165, 1.54) is 23.5 Å². The van der Waals surface area contributed by atoms with Crippen molar-refractivity contribution < 1.29 is 14.0 Å². The minimum atomic E-state index is 0.0347. The lowest BCUT2D eigenvalue weighted by Crippen LogP contribution is -2.37. The summed E-state index contributed by atoms with van der Waals surface area (Å²) in [7, 11) is 6.35. The number of likely N-dealkylation sites (N-methyl/N-ethyl adjacent to an activating group) is 1. The Labute approximate surface area is 186 Å². The quantitative estimate of drug-likeness (QED) is 0.327. The maximum absolute atomic E-state index is 11.5. The first-order chi connectivity index (χ1) is 13.2. The normalized spacial score (nSPS) is 11.1. The Morgan fingerprint density at radius 1 is 0.929 bits per heavy atom. The van der Waals surface area contributed by atoms with Gasteiger partial charge in [-0.3, -0.25) is 4.79 Å². The predicted molar refractivity (Wildman–Crippen MR) is 128 cm³/mol. The van der Waals surface area contributed by atoms with E-state index in [9.17, 15) is 4.79 Å². The molecule has 0 aliphatic rings. The van der Waals surface area contributed by atoms with Crippen LogP contribution in [0, 0.1) is 0 Å². The Balaban J connectivity index is 2.16. The number of carbonyl (C=O) groups is 1. The van der Waals surface area contributed by atoms with Crippen LogP contribution < -0.4 is 0 Å². The van der Waals surface area contributed by atoms with Crippen molar-refractivity contribution in [3.05, 3.63) is 59.7 Å². The van der Waals surface area contributed by atoms with Crippen LogP contribution in [-0.4, -0.2) is 53.1 Å². The van der Waals surface area contributed by atoms with Crippen LogP contribution in [0.1, 0.15) is 18.1 Å². The number of hydrogen-bond acceptors (Lipinski definition) is 6. The van der Waals surface area contributed by atoms with Gasteiger partial charge in [0.15, 0.2) is 10.2 Å². The van der Waals surface area contributed by atoms with Gasteiger partial charge in [-0.2, -0.15) is 0 Å². The highest BCUT2D eigenvalue weighted by Gasteiger charge is 2.16. The number of quaternary nitrogens is 1. The van der Waals surface area contributed by atoms with Crippen LogP contribution in [0.15, 0.2) is 58.3 Å². The Morgan fingerprint density at radius 2 is 1.46 bits per heavy atom. The van der Waals surface area contributed by atoms with Gasteiger partial charge in [0.1, 0.15) is 13.2 Å². The molecule has 0 fully saturated rings. The monoisotopic (exact) mass is 450 g/mol. The van der Waals surface area contributed by atoms with Gasteiger partial charge in [0.05, 0.1) is 25.3 Å². The highest BCUT2D eigenvalue weighted by molar-refractivity contribution is 8.24. The first-order valence-electron chi connectivity index (χ1n) is 8.73. The van der Waals surface area contributed by atoms with E-state index in [-0.39, 0.29) is 5.12 Å². The molecule has 0 N–H and O–H groups in total. The molecule has 3 nitrogen and oxygen atoms in total. The number of rotatable bonds is 7. The summed E-state index contributed by atoms with van der Waals surface area (Å²) in [6.45, 7) is 2.98. The Kier molecular flexibility index (Phi) is 8.64. The van der Waals surface area contributed by atoms with Crippen LogP contribution >= 0.6 is 48.0 Å². The average Bonchev–Trinajstić information content (AvgIpc) is 2.61. The second kappa shape index (κ2) is 10.5. The van der Waals surface area contributed by atoms with Gasteiger partial charge in [0, 0.05) is 27.8 Å². The van der Waals surface area contributed by atoms with Crippen molar-refractivity contribution in [1.82, 2.24) is 0 Å². The van der Waals surface area contributed by atoms with Crippen molar-refractivity contribution in [2.75, 3.05) is 34.3 Å². The maximum atomic E-state index is 11.5. The Bertz CT molecular complexity index is 875. The number of thioether (sulfide) groups is 2. The van der Waals surface area contributed by atoms with E-state index in [0.717, 1.165) is 31.9 Å². The lowest BCUT2D eigenvalue weighted by atomic mass is 10.2. The van der Waals surface area contributed by atoms with Crippen molar-refractivity contribution in [2.24, 2.45) is 0 Å². The minimum absolute atomic E-state index is 0.0347. The highest BCUT2D eigenvalue weighted by Crippen LogP contribution is 2.32. The van der Waals surface area contributed by atoms with Gasteiger partial charge in [-0.05, 0) is 30.4 Å². The first kappa shape index (κ1) is 23.0. The summed E-state index contributed by atoms with van der Waals surface area (Å²) in [5, 5.41) is 0.512. The largest absolute Gasteiger partial charge is 0.477 e. The van der Waals surface area contributed by atoms with E-state index in [0.29, 0.717) is 15.9 Å². The molecule has 0 amide bonds. The summed E-state index contributed by atoms with van der Waals surface area (Å²) in [6, 6.07) is 15.5. The summed E-state index contributed by atoms with van der Waals surface area (Å²) >= 11 is 13.9. The van der Waals surface area contributed by atoms with Gasteiger partial charge in [-0.1, -0.05) is 66.1 Å². The van der Waals surface area contributed by atoms with Gasteiger partial charge in [-0.15, -0.1) is 0 Å². The van der Waals surface area contributed by atoms with Crippen LogP contribution in [0.5, 0.6) is 0 Å². The van der Waals surface area contributed by atoms with Crippen molar-refractivity contribution in [3.8, 4) is 0 Å². The summed E-state index contributed by atoms with van der Waals surface area (Å²) in [4.78, 5) is 13.4. The van der Waals surface area contributed by atoms with E-state index in [1.807, 2.05) is 48.5 Å². The van der Waals surface area contributed by atoms with Gasteiger partial charge in [0.2, 0.25) is 0 Å². The molecule has 2 aromatic rings. The molecule has 0 unspecified atom stereocenters. The number of thiocarbonyl (C=S) groups is 2. The van der Waals surface area contributed by atoms with Crippen LogP contribution in [0.4, 0.5) is 0 Å². The SMILES string of the molecule is CC(=O)Sc1ccccc1C(=S)Sc1ccccc1C(=S)OCC[N+](C)(C)C. The summed E-state index contributed by atoms with van der Waals surface area (Å²) in [5.74, 6) is 0. The molecule has 2 rings (SSSR count). The summed E-state index contributed by atoms with van der Waals surface area (Å²) in [5.41, 5.74) is 1.75. The number of nitrogens with zero attached hydrogens (tertiary/aromatic N) is 1. The van der Waals surface area contributed by atoms with Crippen LogP contribution in [-0.2, 0) is 9.53 Å². The number of benzene rings is 2. The molecular formula is C21H24NO2S4+. The van der Waals surface area contributed by atoms with Crippen molar-refractivity contribution in [1.29, 1.82) is 0 Å². The molecule has 0 heterocycles. The molecule has 0 aromatic heterocycles. The molecule has 7 heteroatoms. The fraction of sp³-hybridized carbons (Fsp3) is 0.286. The third-order valence-corrected chi connectivity index (χ3v) is 6.32. The lowest BCUT2D eigenvalue weighted by molar-refractivity contribution is -0.870. The topological polar surface area (TPSA) is 26.3 Å². The fourth-order valence-electron chi connectivity index (χ4n) is 2.25. The van der Waals surface area contributed by atoms with Gasteiger partial charge < -0.3 is 9.22 Å². The average molecular weight is 451 g/mol. The summed E-state index contributed by atoms with van der Waals surface area (Å²) < 4.78 is 7.33. The minimum Gasteiger partial charge on any atom is -0.477 e. The van der Waals surface area contributed by atoms with E-state index >= 15 is 0 Å². The second-order valence-corrected chi connectivity index (χ2v) is 10.4. The molecule has 2 aromatic carbocycles. The number of ether oxygens (including phenoxy) is 1. The molecule has 0 bridgehead atoms. The van der Waals surface area contributed by atoms with Crippen molar-refractivity contribution in [2.45, 2.75) is 16.7 Å². The Hall–Kier alpha value is -1.25. The maximum Gasteiger partial charge on any atom is 0.192 e. The van der Waals surface area contributed by atoms with Gasteiger partial charge >= 0.3 is 0 Å². The zero-order valence-electron chi connectivity index (χ0n) is 16.4. The fourth-order valence-corrected chi connectivity index (χ4v) is 4.79. The number of hydrogen-bond donors (Lipinski definition) is 0. The van der Waals surface area contributed by atoms with E-state index in [1.54, 1.807) is 6.92 Å². The zero-order valence-corrected chi connectivity index (χ0v) is 19.7. The molecule has 0 aliphatic heterocycles. The van der Waals surface area contributed by atoms with E-state index in [4.69, 9.17) is 29.2 Å². The second-order valence-electron chi connectivity index (χ2n) is 7.13. The molecule has 28 heavy (non-hydrogen) atoms. The molecule has 0 atom stereocenters. The molecule has 148 valence electrons. The molecular weight excluding hydrogens is 427 g/mol. The smallest absolute Gasteiger partial charge is 0.192 e. The van der Waals surface area contributed by atoms with E-state index in [2.05, 4.69) is 21.1 Å². The standard InChI is InChI=1S/C21H24NO2S4/c1-15(23)27-19-12-8-6-10-17(19)21(26)28-18-11-7-5-9-16(18)20(25)24-14-13-22(2,3)4/h5-12H,13-14H2,1-4H3/q+1. The van der Waals surface area contributed by atoms with E-state index < -0.39 is 0 Å². The van der Waals surface area contributed by atoms with Crippen LogP contribution in [0.25, 0.3) is 0 Å². The first-order valence-corrected chi connectivity index (χ1v) is 11.2. The Morgan fingerprint density at radius 3 is 2.04 bits per heavy atom. The molecule has 0 saturated carbocycles. The third kappa shape index (κ3) is 7.29. The van der Waals surface area contributed by atoms with Crippen molar-refractivity contribution in [3.63, 3.8) is 0 Å². The molecule has 0 saturated heterocycles. The molecule has 0 radical (unpaired) electrons. The molecule has 0 spiro atoms. The van der Waals surface area contributed by atoms with Crippen LogP contribution in [0.2, 0.25) is 0 Å². The van der Waals surface area contributed by atoms with Crippen molar-refractivity contribution >= 4 is 62.3 Å². The molecule has 0 aliphatic carbocycles. The highest BCUT2D eigenvalue weighted by atomic mass is 32.2. The van der Waals surface area contributed by atoms with Gasteiger partial charge in [0.25, 0.3) is 0 Å². The number of carbonyl (C=O) groups excluding carboxylic acids is 1. The van der Waals surface area contributed by atoms with Gasteiger partial charge in [-0.25, -0.2) is 0 Å².